The molecule has 0 radical (unpaired) electrons. The first kappa shape index (κ1) is 14.2. The summed E-state index contributed by atoms with van der Waals surface area (Å²) < 4.78 is 0. The van der Waals surface area contributed by atoms with E-state index >= 15 is 0 Å². The summed E-state index contributed by atoms with van der Waals surface area (Å²) in [5.41, 5.74) is 3.13. The minimum Gasteiger partial charge on any atom is -0.396 e. The highest BCUT2D eigenvalue weighted by molar-refractivity contribution is 7.98. The molecule has 1 aromatic heterocycles. The molecule has 1 unspecified atom stereocenters. The van der Waals surface area contributed by atoms with E-state index < -0.39 is 0 Å². The highest BCUT2D eigenvalue weighted by Crippen LogP contribution is 2.24. The molecule has 0 aliphatic rings. The quantitative estimate of drug-likeness (QED) is 0.851. The average molecular weight is 276 g/mol. The number of rotatable bonds is 6. The third-order valence-corrected chi connectivity index (χ3v) is 3.78. The van der Waals surface area contributed by atoms with E-state index in [0.717, 1.165) is 34.5 Å². The van der Waals surface area contributed by atoms with Gasteiger partial charge in [0.05, 0.1) is 5.52 Å². The number of nitrogens with zero attached hydrogens (tertiary/aromatic N) is 1. The lowest BCUT2D eigenvalue weighted by Gasteiger charge is -2.19. The van der Waals surface area contributed by atoms with E-state index in [-0.39, 0.29) is 12.6 Å². The van der Waals surface area contributed by atoms with Gasteiger partial charge in [0.25, 0.3) is 0 Å². The number of aliphatic hydroxyl groups is 1. The second kappa shape index (κ2) is 6.78. The summed E-state index contributed by atoms with van der Waals surface area (Å²) in [6, 6.07) is 10.5. The van der Waals surface area contributed by atoms with Crippen LogP contribution in [0.1, 0.15) is 12.1 Å². The highest BCUT2D eigenvalue weighted by atomic mass is 32.2. The van der Waals surface area contributed by atoms with E-state index in [1.165, 1.54) is 0 Å². The zero-order chi connectivity index (χ0) is 13.7. The fraction of sp³-hybridized carbons (Fsp3) is 0.400. The molecule has 102 valence electrons. The number of aromatic nitrogens is 1. The van der Waals surface area contributed by atoms with E-state index in [1.807, 2.05) is 25.1 Å². The summed E-state index contributed by atoms with van der Waals surface area (Å²) in [7, 11) is 0. The van der Waals surface area contributed by atoms with Crippen molar-refractivity contribution in [1.82, 2.24) is 4.98 Å². The lowest BCUT2D eigenvalue weighted by Crippen LogP contribution is -2.23. The molecule has 0 spiro atoms. The van der Waals surface area contributed by atoms with Crippen LogP contribution in [0, 0.1) is 6.92 Å². The van der Waals surface area contributed by atoms with Crippen LogP contribution in [0.15, 0.2) is 30.3 Å². The minimum absolute atomic E-state index is 0.209. The maximum absolute atomic E-state index is 9.15. The fourth-order valence-corrected chi connectivity index (χ4v) is 2.85. The van der Waals surface area contributed by atoms with E-state index in [1.54, 1.807) is 11.8 Å². The number of aryl methyl sites for hydroxylation is 1. The Morgan fingerprint density at radius 3 is 2.89 bits per heavy atom. The molecule has 1 aromatic carbocycles. The number of para-hydroxylation sites is 1. The molecule has 1 heterocycles. The van der Waals surface area contributed by atoms with Crippen molar-refractivity contribution in [3.63, 3.8) is 0 Å². The second-order valence-electron chi connectivity index (χ2n) is 4.64. The second-order valence-corrected chi connectivity index (χ2v) is 5.55. The number of nitrogens with one attached hydrogen (secondary N) is 1. The van der Waals surface area contributed by atoms with Crippen molar-refractivity contribution in [3.05, 3.63) is 36.0 Å². The van der Waals surface area contributed by atoms with Gasteiger partial charge < -0.3 is 10.4 Å². The first-order valence-electron chi connectivity index (χ1n) is 6.47. The number of hydrogen-bond acceptors (Lipinski definition) is 4. The van der Waals surface area contributed by atoms with Crippen LogP contribution < -0.4 is 5.32 Å². The molecule has 1 atom stereocenters. The van der Waals surface area contributed by atoms with Crippen LogP contribution in [-0.4, -0.2) is 34.7 Å². The Bertz CT molecular complexity index is 539. The average Bonchev–Trinajstić information content (AvgIpc) is 2.39. The zero-order valence-corrected chi connectivity index (χ0v) is 12.2. The summed E-state index contributed by atoms with van der Waals surface area (Å²) >= 11 is 1.79. The first-order valence-corrected chi connectivity index (χ1v) is 7.86. The molecule has 0 aliphatic carbocycles. The Labute approximate surface area is 118 Å². The van der Waals surface area contributed by atoms with Gasteiger partial charge >= 0.3 is 0 Å². The monoisotopic (exact) mass is 276 g/mol. The van der Waals surface area contributed by atoms with Crippen molar-refractivity contribution < 1.29 is 5.11 Å². The largest absolute Gasteiger partial charge is 0.396 e. The van der Waals surface area contributed by atoms with Crippen LogP contribution in [0.4, 0.5) is 5.69 Å². The molecule has 0 aliphatic heterocycles. The molecular weight excluding hydrogens is 256 g/mol. The SMILES string of the molecule is CSCC(CCO)Nc1cc(C)nc2ccccc12. The summed E-state index contributed by atoms with van der Waals surface area (Å²) in [5, 5.41) is 13.8. The van der Waals surface area contributed by atoms with Gasteiger partial charge in [-0.05, 0) is 31.7 Å². The molecular formula is C15H20N2OS. The number of hydrogen-bond donors (Lipinski definition) is 2. The normalized spacial score (nSPS) is 12.6. The number of fused-ring (bicyclic) bond motifs is 1. The maximum atomic E-state index is 9.15. The van der Waals surface area contributed by atoms with Crippen molar-refractivity contribution in [3.8, 4) is 0 Å². The Balaban J connectivity index is 2.32. The van der Waals surface area contributed by atoms with Gasteiger partial charge in [-0.1, -0.05) is 18.2 Å². The molecule has 2 aromatic rings. The van der Waals surface area contributed by atoms with Crippen molar-refractivity contribution in [2.75, 3.05) is 23.9 Å². The fourth-order valence-electron chi connectivity index (χ4n) is 2.20. The third-order valence-electron chi connectivity index (χ3n) is 3.05. The molecule has 19 heavy (non-hydrogen) atoms. The van der Waals surface area contributed by atoms with Crippen LogP contribution >= 0.6 is 11.8 Å². The molecule has 0 saturated carbocycles. The van der Waals surface area contributed by atoms with Gasteiger partial charge in [0, 0.05) is 35.2 Å². The van der Waals surface area contributed by atoms with Crippen LogP contribution in [0.25, 0.3) is 10.9 Å². The highest BCUT2D eigenvalue weighted by Gasteiger charge is 2.10. The summed E-state index contributed by atoms with van der Waals surface area (Å²) in [6.07, 6.45) is 2.85. The number of aliphatic hydroxyl groups excluding tert-OH is 1. The van der Waals surface area contributed by atoms with Crippen molar-refractivity contribution >= 4 is 28.4 Å². The number of pyridine rings is 1. The van der Waals surface area contributed by atoms with Gasteiger partial charge in [0.1, 0.15) is 0 Å². The van der Waals surface area contributed by atoms with Crippen molar-refractivity contribution in [1.29, 1.82) is 0 Å². The Kier molecular flexibility index (Phi) is 5.05. The summed E-state index contributed by atoms with van der Waals surface area (Å²) in [6.45, 7) is 2.22. The zero-order valence-electron chi connectivity index (χ0n) is 11.4. The van der Waals surface area contributed by atoms with E-state index in [2.05, 4.69) is 28.7 Å². The Hall–Kier alpha value is -1.26. The lowest BCUT2D eigenvalue weighted by atomic mass is 10.1. The van der Waals surface area contributed by atoms with Gasteiger partial charge in [0.2, 0.25) is 0 Å². The summed E-state index contributed by atoms with van der Waals surface area (Å²) in [4.78, 5) is 4.54. The Morgan fingerprint density at radius 1 is 1.37 bits per heavy atom. The van der Waals surface area contributed by atoms with Gasteiger partial charge in [-0.3, -0.25) is 4.98 Å². The first-order chi connectivity index (χ1) is 9.24. The predicted molar refractivity (Wildman–Crippen MR) is 84.0 cm³/mol. The van der Waals surface area contributed by atoms with Crippen molar-refractivity contribution in [2.45, 2.75) is 19.4 Å². The molecule has 2 N–H and O–H groups in total. The van der Waals surface area contributed by atoms with E-state index in [9.17, 15) is 0 Å². The molecule has 4 heteroatoms. The van der Waals surface area contributed by atoms with E-state index in [0.29, 0.717) is 0 Å². The lowest BCUT2D eigenvalue weighted by molar-refractivity contribution is 0.282. The van der Waals surface area contributed by atoms with Crippen LogP contribution in [-0.2, 0) is 0 Å². The van der Waals surface area contributed by atoms with Gasteiger partial charge in [-0.2, -0.15) is 11.8 Å². The molecule has 3 nitrogen and oxygen atoms in total. The predicted octanol–water partition coefficient (Wildman–Crippen LogP) is 3.07. The van der Waals surface area contributed by atoms with Crippen LogP contribution in [0.3, 0.4) is 0 Å². The summed E-state index contributed by atoms with van der Waals surface area (Å²) in [5.74, 6) is 0.982. The van der Waals surface area contributed by atoms with Crippen molar-refractivity contribution in [2.24, 2.45) is 0 Å². The van der Waals surface area contributed by atoms with E-state index in [4.69, 9.17) is 5.11 Å². The molecule has 2 rings (SSSR count). The minimum atomic E-state index is 0.209. The third kappa shape index (κ3) is 3.61. The molecule has 0 amide bonds. The smallest absolute Gasteiger partial charge is 0.0725 e. The molecule has 0 saturated heterocycles. The molecule has 0 bridgehead atoms. The maximum Gasteiger partial charge on any atom is 0.0725 e. The topological polar surface area (TPSA) is 45.1 Å². The number of benzene rings is 1. The molecule has 0 fully saturated rings. The van der Waals surface area contributed by atoms with Crippen LogP contribution in [0.5, 0.6) is 0 Å². The van der Waals surface area contributed by atoms with Crippen LogP contribution in [0.2, 0.25) is 0 Å². The standard InChI is InChI=1S/C15H20N2OS/c1-11-9-15(17-12(7-8-18)10-19-2)13-5-3-4-6-14(13)16-11/h3-6,9,12,18H,7-8,10H2,1-2H3,(H,16,17). The van der Waals surface area contributed by atoms with Gasteiger partial charge in [0.15, 0.2) is 0 Å². The van der Waals surface area contributed by atoms with Gasteiger partial charge in [-0.25, -0.2) is 0 Å². The Morgan fingerprint density at radius 2 is 2.16 bits per heavy atom. The van der Waals surface area contributed by atoms with Gasteiger partial charge in [-0.15, -0.1) is 0 Å². The number of anilines is 1. The number of thioether (sulfide) groups is 1.